The van der Waals surface area contributed by atoms with Crippen molar-refractivity contribution in [2.75, 3.05) is 0 Å². The topological polar surface area (TPSA) is 74.7 Å². The Morgan fingerprint density at radius 3 is 2.13 bits per heavy atom. The van der Waals surface area contributed by atoms with Gasteiger partial charge in [0.1, 0.15) is 5.82 Å². The number of amides is 2. The van der Waals surface area contributed by atoms with E-state index in [-0.39, 0.29) is 11.8 Å². The fourth-order valence-corrected chi connectivity index (χ4v) is 3.34. The summed E-state index contributed by atoms with van der Waals surface area (Å²) in [6.45, 7) is 0. The summed E-state index contributed by atoms with van der Waals surface area (Å²) in [5.41, 5.74) is 0.446. The van der Waals surface area contributed by atoms with E-state index in [1.54, 1.807) is 0 Å². The monoisotopic (exact) mass is 317 g/mol. The predicted molar refractivity (Wildman–Crippen MR) is 78.6 cm³/mol. The maximum absolute atomic E-state index is 13.1. The number of carboxylic acids is 1. The Morgan fingerprint density at radius 1 is 1.13 bits per heavy atom. The Morgan fingerprint density at radius 2 is 1.65 bits per heavy atom. The first-order valence-electron chi connectivity index (χ1n) is 7.48. The quantitative estimate of drug-likeness (QED) is 0.683. The second-order valence-electron chi connectivity index (χ2n) is 5.87. The van der Waals surface area contributed by atoms with Crippen LogP contribution in [-0.4, -0.2) is 27.8 Å². The molecule has 1 fully saturated rings. The number of halogens is 1. The van der Waals surface area contributed by atoms with E-state index in [1.165, 1.54) is 24.3 Å². The Bertz CT molecular complexity index is 656. The number of hydrogen-bond acceptors (Lipinski definition) is 3. The molecule has 1 saturated heterocycles. The first-order valence-corrected chi connectivity index (χ1v) is 7.48. The van der Waals surface area contributed by atoms with Gasteiger partial charge in [-0.25, -0.2) is 4.39 Å². The first-order chi connectivity index (χ1) is 11.0. The van der Waals surface area contributed by atoms with E-state index in [9.17, 15) is 18.8 Å². The van der Waals surface area contributed by atoms with Crippen molar-refractivity contribution in [2.24, 2.45) is 11.8 Å². The zero-order valence-corrected chi connectivity index (χ0v) is 12.3. The molecule has 0 bridgehead atoms. The SMILES string of the molecule is O=C(O)C[C@@H](c1ccc(F)cc1)N1C(=O)[C@H]2CC=CC[C@H]2C1=O. The van der Waals surface area contributed by atoms with Crippen molar-refractivity contribution < 1.29 is 23.9 Å². The van der Waals surface area contributed by atoms with Crippen LogP contribution in [0.3, 0.4) is 0 Å². The summed E-state index contributed by atoms with van der Waals surface area (Å²) in [5.74, 6) is -3.07. The summed E-state index contributed by atoms with van der Waals surface area (Å²) in [6.07, 6.45) is 4.35. The number of carbonyl (C=O) groups is 3. The number of benzene rings is 1. The molecule has 3 atom stereocenters. The molecule has 1 aliphatic heterocycles. The second-order valence-corrected chi connectivity index (χ2v) is 5.87. The first kappa shape index (κ1) is 15.4. The third-order valence-corrected chi connectivity index (χ3v) is 4.48. The maximum atomic E-state index is 13.1. The van der Waals surface area contributed by atoms with Crippen LogP contribution in [0.1, 0.15) is 30.9 Å². The van der Waals surface area contributed by atoms with Crippen LogP contribution in [0.5, 0.6) is 0 Å². The molecule has 0 radical (unpaired) electrons. The number of carboxylic acid groups (broad SMARTS) is 1. The Balaban J connectivity index is 1.96. The Labute approximate surface area is 132 Å². The van der Waals surface area contributed by atoms with Crippen LogP contribution >= 0.6 is 0 Å². The van der Waals surface area contributed by atoms with E-state index < -0.39 is 36.1 Å². The highest BCUT2D eigenvalue weighted by Crippen LogP contribution is 2.40. The molecular formula is C17H16FNO4. The predicted octanol–water partition coefficient (Wildman–Crippen LogP) is 2.29. The summed E-state index contributed by atoms with van der Waals surface area (Å²) >= 11 is 0. The average molecular weight is 317 g/mol. The second kappa shape index (κ2) is 5.95. The number of imide groups is 1. The number of rotatable bonds is 4. The maximum Gasteiger partial charge on any atom is 0.305 e. The van der Waals surface area contributed by atoms with E-state index >= 15 is 0 Å². The van der Waals surface area contributed by atoms with Gasteiger partial charge in [-0.3, -0.25) is 19.3 Å². The molecule has 1 aromatic rings. The van der Waals surface area contributed by atoms with Crippen molar-refractivity contribution in [1.29, 1.82) is 0 Å². The summed E-state index contributed by atoms with van der Waals surface area (Å²) in [4.78, 5) is 37.5. The molecule has 1 N–H and O–H groups in total. The molecule has 2 amide bonds. The van der Waals surface area contributed by atoms with Gasteiger partial charge in [-0.1, -0.05) is 24.3 Å². The summed E-state index contributed by atoms with van der Waals surface area (Å²) in [5, 5.41) is 9.16. The van der Waals surface area contributed by atoms with Crippen molar-refractivity contribution in [3.8, 4) is 0 Å². The molecule has 0 spiro atoms. The minimum atomic E-state index is -1.12. The van der Waals surface area contributed by atoms with Crippen molar-refractivity contribution in [1.82, 2.24) is 4.90 Å². The van der Waals surface area contributed by atoms with Gasteiger partial charge in [0.25, 0.3) is 0 Å². The molecule has 1 aliphatic carbocycles. The zero-order chi connectivity index (χ0) is 16.6. The van der Waals surface area contributed by atoms with Crippen molar-refractivity contribution in [3.63, 3.8) is 0 Å². The molecule has 2 aliphatic rings. The molecule has 120 valence electrons. The number of nitrogens with zero attached hydrogens (tertiary/aromatic N) is 1. The third kappa shape index (κ3) is 2.76. The van der Waals surface area contributed by atoms with Crippen LogP contribution in [0.4, 0.5) is 4.39 Å². The van der Waals surface area contributed by atoms with Gasteiger partial charge in [0.15, 0.2) is 0 Å². The Kier molecular flexibility index (Phi) is 3.98. The molecule has 0 saturated carbocycles. The highest BCUT2D eigenvalue weighted by Gasteiger charge is 2.50. The molecule has 1 aromatic carbocycles. The lowest BCUT2D eigenvalue weighted by atomic mass is 9.85. The lowest BCUT2D eigenvalue weighted by Crippen LogP contribution is -2.36. The lowest BCUT2D eigenvalue weighted by Gasteiger charge is -2.26. The number of likely N-dealkylation sites (tertiary alicyclic amines) is 1. The average Bonchev–Trinajstić information content (AvgIpc) is 2.78. The van der Waals surface area contributed by atoms with Gasteiger partial charge in [-0.15, -0.1) is 0 Å². The van der Waals surface area contributed by atoms with Crippen LogP contribution in [-0.2, 0) is 14.4 Å². The van der Waals surface area contributed by atoms with Gasteiger partial charge in [0, 0.05) is 0 Å². The number of hydrogen-bond donors (Lipinski definition) is 1. The number of carbonyl (C=O) groups excluding carboxylic acids is 2. The molecular weight excluding hydrogens is 301 g/mol. The lowest BCUT2D eigenvalue weighted by molar-refractivity contribution is -0.145. The summed E-state index contributed by atoms with van der Waals surface area (Å²) < 4.78 is 13.1. The van der Waals surface area contributed by atoms with Gasteiger partial charge in [-0.2, -0.15) is 0 Å². The summed E-state index contributed by atoms with van der Waals surface area (Å²) in [7, 11) is 0. The highest BCUT2D eigenvalue weighted by atomic mass is 19.1. The summed E-state index contributed by atoms with van der Waals surface area (Å²) in [6, 6.07) is 4.33. The standard InChI is InChI=1S/C17H16FNO4/c18-11-7-5-10(6-8-11)14(9-15(20)21)19-16(22)12-3-1-2-4-13(12)17(19)23/h1-2,5-8,12-14H,3-4,9H2,(H,20,21)/t12-,13+,14-/m0/s1. The van der Waals surface area contributed by atoms with E-state index in [4.69, 9.17) is 5.11 Å². The molecule has 23 heavy (non-hydrogen) atoms. The molecule has 0 aromatic heterocycles. The van der Waals surface area contributed by atoms with Gasteiger partial charge in [0.2, 0.25) is 11.8 Å². The van der Waals surface area contributed by atoms with Crippen LogP contribution in [0.25, 0.3) is 0 Å². The minimum absolute atomic E-state index is 0.333. The van der Waals surface area contributed by atoms with Crippen LogP contribution < -0.4 is 0 Å². The number of fused-ring (bicyclic) bond motifs is 1. The number of aliphatic carboxylic acids is 1. The van der Waals surface area contributed by atoms with Crippen molar-refractivity contribution in [3.05, 3.63) is 47.8 Å². The molecule has 0 unspecified atom stereocenters. The van der Waals surface area contributed by atoms with Crippen LogP contribution in [0.15, 0.2) is 36.4 Å². The van der Waals surface area contributed by atoms with E-state index in [0.29, 0.717) is 18.4 Å². The fourth-order valence-electron chi connectivity index (χ4n) is 3.34. The zero-order valence-electron chi connectivity index (χ0n) is 12.3. The molecule has 3 rings (SSSR count). The van der Waals surface area contributed by atoms with Crippen LogP contribution in [0, 0.1) is 17.7 Å². The molecule has 6 heteroatoms. The van der Waals surface area contributed by atoms with Crippen molar-refractivity contribution >= 4 is 17.8 Å². The van der Waals surface area contributed by atoms with E-state index in [1.807, 2.05) is 12.2 Å². The fraction of sp³-hybridized carbons (Fsp3) is 0.353. The molecule has 1 heterocycles. The van der Waals surface area contributed by atoms with Gasteiger partial charge < -0.3 is 5.11 Å². The number of allylic oxidation sites excluding steroid dienone is 2. The molecule has 5 nitrogen and oxygen atoms in total. The van der Waals surface area contributed by atoms with Gasteiger partial charge in [-0.05, 0) is 30.5 Å². The van der Waals surface area contributed by atoms with Gasteiger partial charge in [0.05, 0.1) is 24.3 Å². The largest absolute Gasteiger partial charge is 0.481 e. The van der Waals surface area contributed by atoms with E-state index in [2.05, 4.69) is 0 Å². The van der Waals surface area contributed by atoms with Crippen LogP contribution in [0.2, 0.25) is 0 Å². The minimum Gasteiger partial charge on any atom is -0.481 e. The third-order valence-electron chi connectivity index (χ3n) is 4.48. The Hall–Kier alpha value is -2.50. The van der Waals surface area contributed by atoms with E-state index in [0.717, 1.165) is 4.90 Å². The van der Waals surface area contributed by atoms with Crippen molar-refractivity contribution in [2.45, 2.75) is 25.3 Å². The smallest absolute Gasteiger partial charge is 0.305 e. The highest BCUT2D eigenvalue weighted by molar-refractivity contribution is 6.06. The van der Waals surface area contributed by atoms with Gasteiger partial charge >= 0.3 is 5.97 Å². The normalized spacial score (nSPS) is 24.7.